The van der Waals surface area contributed by atoms with Crippen LogP contribution in [0.15, 0.2) is 11.4 Å². The van der Waals surface area contributed by atoms with Crippen LogP contribution < -0.4 is 0 Å². The van der Waals surface area contributed by atoms with Gasteiger partial charge in [-0.25, -0.2) is 4.79 Å². The lowest BCUT2D eigenvalue weighted by molar-refractivity contribution is 0.0336. The fourth-order valence-electron chi connectivity index (χ4n) is 0.986. The Morgan fingerprint density at radius 2 is 2.21 bits per heavy atom. The smallest absolute Gasteiger partial charge is 0.336 e. The van der Waals surface area contributed by atoms with Crippen LogP contribution in [0.2, 0.25) is 0 Å². The molecule has 6 heteroatoms. The average molecular weight is 237 g/mol. The summed E-state index contributed by atoms with van der Waals surface area (Å²) in [5.74, 6) is -1.26. The lowest BCUT2D eigenvalue weighted by atomic mass is 10.1. The van der Waals surface area contributed by atoms with E-state index in [-0.39, 0.29) is 16.3 Å². The molecule has 2 atom stereocenters. The molecule has 0 aliphatic carbocycles. The molecular weight excluding hydrogens is 228 g/mol. The van der Waals surface area contributed by atoms with Crippen molar-refractivity contribution in [1.29, 1.82) is 0 Å². The number of hydrogen-bond donors (Lipinski definition) is 3. The molecule has 1 rings (SSSR count). The van der Waals surface area contributed by atoms with Crippen LogP contribution in [0.4, 0.5) is 0 Å². The van der Waals surface area contributed by atoms with E-state index in [0.717, 1.165) is 11.3 Å². The summed E-state index contributed by atoms with van der Waals surface area (Å²) >= 11 is 6.42. The highest BCUT2D eigenvalue weighted by Gasteiger charge is 2.24. The van der Waals surface area contributed by atoms with E-state index in [9.17, 15) is 15.0 Å². The summed E-state index contributed by atoms with van der Waals surface area (Å²) in [6.45, 7) is 0. The highest BCUT2D eigenvalue weighted by Crippen LogP contribution is 2.27. The van der Waals surface area contributed by atoms with Crippen molar-refractivity contribution in [3.63, 3.8) is 0 Å². The zero-order valence-electron chi connectivity index (χ0n) is 7.05. The molecule has 0 aromatic carbocycles. The van der Waals surface area contributed by atoms with Gasteiger partial charge in [-0.15, -0.1) is 22.9 Å². The standard InChI is InChI=1S/C8H9ClO4S/c9-3-5(10)6(11)7-4(8(12)13)1-2-14-7/h1-2,5-6,10-11H,3H2,(H,12,13). The first-order chi connectivity index (χ1) is 6.57. The minimum atomic E-state index is -1.24. The molecule has 0 saturated heterocycles. The Morgan fingerprint density at radius 3 is 2.71 bits per heavy atom. The third-order valence-corrected chi connectivity index (χ3v) is 3.02. The minimum Gasteiger partial charge on any atom is -0.478 e. The van der Waals surface area contributed by atoms with E-state index < -0.39 is 18.2 Å². The summed E-state index contributed by atoms with van der Waals surface area (Å²) in [5, 5.41) is 29.0. The van der Waals surface area contributed by atoms with Gasteiger partial charge in [0.2, 0.25) is 0 Å². The van der Waals surface area contributed by atoms with Gasteiger partial charge in [-0.1, -0.05) is 0 Å². The lowest BCUT2D eigenvalue weighted by Crippen LogP contribution is -2.20. The number of thiophene rings is 1. The molecule has 3 N–H and O–H groups in total. The Kier molecular flexibility index (Phi) is 3.88. The molecule has 2 unspecified atom stereocenters. The lowest BCUT2D eigenvalue weighted by Gasteiger charge is -2.14. The predicted molar refractivity (Wildman–Crippen MR) is 53.0 cm³/mol. The molecule has 0 radical (unpaired) electrons. The van der Waals surface area contributed by atoms with Gasteiger partial charge in [0.25, 0.3) is 0 Å². The molecule has 78 valence electrons. The van der Waals surface area contributed by atoms with Crippen molar-refractivity contribution in [3.05, 3.63) is 21.9 Å². The van der Waals surface area contributed by atoms with Gasteiger partial charge < -0.3 is 15.3 Å². The van der Waals surface area contributed by atoms with Gasteiger partial charge in [-0.05, 0) is 11.4 Å². The number of alkyl halides is 1. The number of carboxylic acids is 1. The van der Waals surface area contributed by atoms with E-state index >= 15 is 0 Å². The number of halogens is 1. The molecule has 1 aromatic rings. The van der Waals surface area contributed by atoms with Gasteiger partial charge in [0.1, 0.15) is 6.10 Å². The number of aliphatic hydroxyl groups excluding tert-OH is 2. The summed E-state index contributed by atoms with van der Waals surface area (Å²) in [5.41, 5.74) is 0.00617. The second-order valence-corrected chi connectivity index (χ2v) is 3.93. The summed E-state index contributed by atoms with van der Waals surface area (Å²) in [6, 6.07) is 1.38. The third kappa shape index (κ3) is 2.24. The van der Waals surface area contributed by atoms with Crippen molar-refractivity contribution in [2.45, 2.75) is 12.2 Å². The van der Waals surface area contributed by atoms with Crippen LogP contribution in [0.25, 0.3) is 0 Å². The number of carbonyl (C=O) groups is 1. The fourth-order valence-corrected chi connectivity index (χ4v) is 2.08. The molecule has 0 fully saturated rings. The van der Waals surface area contributed by atoms with Crippen molar-refractivity contribution >= 4 is 28.9 Å². The minimum absolute atomic E-state index is 0.00617. The summed E-state index contributed by atoms with van der Waals surface area (Å²) in [4.78, 5) is 10.9. The molecular formula is C8H9ClO4S. The van der Waals surface area contributed by atoms with Crippen molar-refractivity contribution in [3.8, 4) is 0 Å². The molecule has 0 amide bonds. The topological polar surface area (TPSA) is 77.8 Å². The summed E-state index contributed by atoms with van der Waals surface area (Å²) in [6.07, 6.45) is -2.38. The normalized spacial score (nSPS) is 15.1. The van der Waals surface area contributed by atoms with Crippen LogP contribution in [-0.2, 0) is 0 Å². The number of aromatic carboxylic acids is 1. The zero-order chi connectivity index (χ0) is 10.7. The van der Waals surface area contributed by atoms with Crippen LogP contribution in [0, 0.1) is 0 Å². The van der Waals surface area contributed by atoms with E-state index in [0.29, 0.717) is 0 Å². The fraction of sp³-hybridized carbons (Fsp3) is 0.375. The quantitative estimate of drug-likeness (QED) is 0.684. The molecule has 0 aliphatic rings. The van der Waals surface area contributed by atoms with Crippen LogP contribution >= 0.6 is 22.9 Å². The maximum Gasteiger partial charge on any atom is 0.336 e. The van der Waals surface area contributed by atoms with Crippen molar-refractivity contribution in [1.82, 2.24) is 0 Å². The van der Waals surface area contributed by atoms with E-state index in [1.54, 1.807) is 5.38 Å². The van der Waals surface area contributed by atoms with Crippen molar-refractivity contribution < 1.29 is 20.1 Å². The van der Waals surface area contributed by atoms with Gasteiger partial charge in [0.15, 0.2) is 0 Å². The maximum absolute atomic E-state index is 10.7. The van der Waals surface area contributed by atoms with Gasteiger partial charge in [-0.2, -0.15) is 0 Å². The molecule has 1 aromatic heterocycles. The Hall–Kier alpha value is -0.620. The van der Waals surface area contributed by atoms with Crippen LogP contribution in [0.5, 0.6) is 0 Å². The molecule has 0 aliphatic heterocycles. The first kappa shape index (κ1) is 11.5. The van der Waals surface area contributed by atoms with E-state index in [1.165, 1.54) is 6.07 Å². The second kappa shape index (κ2) is 4.75. The largest absolute Gasteiger partial charge is 0.478 e. The second-order valence-electron chi connectivity index (χ2n) is 2.67. The molecule has 0 spiro atoms. The number of aliphatic hydroxyl groups is 2. The molecule has 1 heterocycles. The molecule has 0 bridgehead atoms. The van der Waals surface area contributed by atoms with Gasteiger partial charge in [0.05, 0.1) is 22.4 Å². The molecule has 14 heavy (non-hydrogen) atoms. The number of rotatable bonds is 4. The van der Waals surface area contributed by atoms with Gasteiger partial charge >= 0.3 is 5.97 Å². The zero-order valence-corrected chi connectivity index (χ0v) is 8.63. The van der Waals surface area contributed by atoms with Crippen LogP contribution in [0.3, 0.4) is 0 Å². The monoisotopic (exact) mass is 236 g/mol. The first-order valence-electron chi connectivity index (χ1n) is 3.80. The number of carboxylic acid groups (broad SMARTS) is 1. The van der Waals surface area contributed by atoms with Crippen molar-refractivity contribution in [2.24, 2.45) is 0 Å². The number of hydrogen-bond acceptors (Lipinski definition) is 4. The van der Waals surface area contributed by atoms with Crippen molar-refractivity contribution in [2.75, 3.05) is 5.88 Å². The highest BCUT2D eigenvalue weighted by molar-refractivity contribution is 7.10. The third-order valence-electron chi connectivity index (χ3n) is 1.72. The van der Waals surface area contributed by atoms with Gasteiger partial charge in [0, 0.05) is 0 Å². The van der Waals surface area contributed by atoms with Gasteiger partial charge in [-0.3, -0.25) is 0 Å². The Balaban J connectivity index is 2.94. The molecule has 0 saturated carbocycles. The first-order valence-corrected chi connectivity index (χ1v) is 5.22. The molecule has 4 nitrogen and oxygen atoms in total. The summed E-state index contributed by atoms with van der Waals surface area (Å²) in [7, 11) is 0. The van der Waals surface area contributed by atoms with E-state index in [1.807, 2.05) is 0 Å². The Bertz CT molecular complexity index is 325. The Labute approximate surface area is 89.4 Å². The van der Waals surface area contributed by atoms with Crippen LogP contribution in [0.1, 0.15) is 21.3 Å². The highest BCUT2D eigenvalue weighted by atomic mass is 35.5. The van der Waals surface area contributed by atoms with E-state index in [2.05, 4.69) is 0 Å². The predicted octanol–water partition coefficient (Wildman–Crippen LogP) is 1.08. The average Bonchev–Trinajstić information content (AvgIpc) is 2.63. The van der Waals surface area contributed by atoms with E-state index in [4.69, 9.17) is 16.7 Å². The van der Waals surface area contributed by atoms with Crippen LogP contribution in [-0.4, -0.2) is 33.3 Å². The summed E-state index contributed by atoms with van der Waals surface area (Å²) < 4.78 is 0. The maximum atomic E-state index is 10.7. The Morgan fingerprint density at radius 1 is 1.57 bits per heavy atom. The SMILES string of the molecule is O=C(O)c1ccsc1C(O)C(O)CCl.